The second-order valence-electron chi connectivity index (χ2n) is 6.48. The standard InChI is InChI=1S/C20H19N3.3C2H6/c1-13-6-7-16-14(2)19-17-5-3-4-15-8-10-23(20(15)17)21-9-11-22(19)18(16)12-13;3*1-2/h3-8,10,12,21H,9,11H2,1-2H3;3*1-2H3. The van der Waals surface area contributed by atoms with Gasteiger partial charge in [0.05, 0.1) is 11.2 Å². The highest BCUT2D eigenvalue weighted by Crippen LogP contribution is 2.38. The normalized spacial score (nSPS) is 11.4. The molecule has 0 spiro atoms. The van der Waals surface area contributed by atoms with Crippen molar-refractivity contribution in [3.8, 4) is 11.3 Å². The van der Waals surface area contributed by atoms with E-state index < -0.39 is 0 Å². The molecule has 0 saturated heterocycles. The highest BCUT2D eigenvalue weighted by atomic mass is 15.4. The lowest BCUT2D eigenvalue weighted by Gasteiger charge is -2.20. The summed E-state index contributed by atoms with van der Waals surface area (Å²) in [4.78, 5) is 0. The SMILES string of the molecule is CC.CC.CC.Cc1ccc2c(C)c3n(c2c1)CCNn1ccc2cccc-3c21. The van der Waals surface area contributed by atoms with E-state index in [9.17, 15) is 0 Å². The third-order valence-corrected chi connectivity index (χ3v) is 5.06. The van der Waals surface area contributed by atoms with E-state index in [0.717, 1.165) is 13.1 Å². The second-order valence-corrected chi connectivity index (χ2v) is 6.48. The molecule has 1 aliphatic rings. The minimum Gasteiger partial charge on any atom is -0.338 e. The average molecular weight is 392 g/mol. The third-order valence-electron chi connectivity index (χ3n) is 5.06. The fourth-order valence-corrected chi connectivity index (χ4v) is 4.01. The Labute approximate surface area is 176 Å². The predicted molar refractivity (Wildman–Crippen MR) is 131 cm³/mol. The van der Waals surface area contributed by atoms with Crippen LogP contribution < -0.4 is 5.43 Å². The van der Waals surface area contributed by atoms with Crippen molar-refractivity contribution < 1.29 is 0 Å². The average Bonchev–Trinajstić information content (AvgIpc) is 3.30. The maximum Gasteiger partial charge on any atom is 0.0785 e. The summed E-state index contributed by atoms with van der Waals surface area (Å²) in [6.07, 6.45) is 2.13. The van der Waals surface area contributed by atoms with Gasteiger partial charge in [0.15, 0.2) is 0 Å². The van der Waals surface area contributed by atoms with Crippen LogP contribution in [-0.4, -0.2) is 15.8 Å². The van der Waals surface area contributed by atoms with Crippen LogP contribution in [0.4, 0.5) is 0 Å². The fraction of sp³-hybridized carbons (Fsp3) is 0.385. The van der Waals surface area contributed by atoms with Gasteiger partial charge in [-0.3, -0.25) is 4.68 Å². The van der Waals surface area contributed by atoms with Crippen molar-refractivity contribution in [3.63, 3.8) is 0 Å². The molecule has 5 rings (SSSR count). The topological polar surface area (TPSA) is 21.9 Å². The summed E-state index contributed by atoms with van der Waals surface area (Å²) in [5, 5.41) is 2.65. The molecule has 2 aromatic carbocycles. The first-order chi connectivity index (χ1) is 14.2. The van der Waals surface area contributed by atoms with Gasteiger partial charge in [0.25, 0.3) is 0 Å². The van der Waals surface area contributed by atoms with Crippen LogP contribution in [0.1, 0.15) is 52.7 Å². The first-order valence-electron chi connectivity index (χ1n) is 11.2. The molecule has 3 heteroatoms. The lowest BCUT2D eigenvalue weighted by atomic mass is 10.0. The van der Waals surface area contributed by atoms with E-state index in [1.807, 2.05) is 41.5 Å². The summed E-state index contributed by atoms with van der Waals surface area (Å²) >= 11 is 0. The van der Waals surface area contributed by atoms with Crippen LogP contribution in [0.25, 0.3) is 33.1 Å². The summed E-state index contributed by atoms with van der Waals surface area (Å²) in [6, 6.07) is 15.6. The van der Waals surface area contributed by atoms with Gasteiger partial charge in [0, 0.05) is 41.1 Å². The molecule has 3 heterocycles. The van der Waals surface area contributed by atoms with Crippen LogP contribution in [-0.2, 0) is 6.54 Å². The number of benzene rings is 2. The van der Waals surface area contributed by atoms with Crippen LogP contribution in [0, 0.1) is 13.8 Å². The number of hydrogen-bond donors (Lipinski definition) is 1. The van der Waals surface area contributed by atoms with Crippen LogP contribution in [0.15, 0.2) is 48.7 Å². The molecule has 0 atom stereocenters. The van der Waals surface area contributed by atoms with Crippen molar-refractivity contribution in [1.82, 2.24) is 9.24 Å². The third kappa shape index (κ3) is 3.91. The Morgan fingerprint density at radius 3 is 2.31 bits per heavy atom. The Morgan fingerprint density at radius 2 is 1.59 bits per heavy atom. The molecule has 0 aliphatic carbocycles. The van der Waals surface area contributed by atoms with E-state index in [1.54, 1.807) is 0 Å². The van der Waals surface area contributed by atoms with E-state index in [-0.39, 0.29) is 0 Å². The number of nitrogens with one attached hydrogen (secondary N) is 1. The minimum absolute atomic E-state index is 0.919. The molecular weight excluding hydrogens is 354 g/mol. The van der Waals surface area contributed by atoms with Crippen molar-refractivity contribution >= 4 is 21.8 Å². The van der Waals surface area contributed by atoms with Crippen LogP contribution in [0.2, 0.25) is 0 Å². The van der Waals surface area contributed by atoms with Gasteiger partial charge < -0.3 is 9.99 Å². The van der Waals surface area contributed by atoms with Crippen LogP contribution in [0.5, 0.6) is 0 Å². The number of rotatable bonds is 0. The van der Waals surface area contributed by atoms with Gasteiger partial charge in [0.2, 0.25) is 0 Å². The van der Waals surface area contributed by atoms with Crippen LogP contribution in [0.3, 0.4) is 0 Å². The van der Waals surface area contributed by atoms with Gasteiger partial charge in [-0.05, 0) is 37.1 Å². The largest absolute Gasteiger partial charge is 0.338 e. The summed E-state index contributed by atoms with van der Waals surface area (Å²) in [6.45, 7) is 18.3. The van der Waals surface area contributed by atoms with Crippen molar-refractivity contribution in [2.45, 2.75) is 61.9 Å². The van der Waals surface area contributed by atoms with Crippen molar-refractivity contribution in [3.05, 3.63) is 59.8 Å². The number of para-hydroxylation sites is 1. The Bertz CT molecular complexity index is 1070. The molecule has 1 N–H and O–H groups in total. The van der Waals surface area contributed by atoms with Gasteiger partial charge in [-0.2, -0.15) is 0 Å². The minimum atomic E-state index is 0.919. The molecule has 0 unspecified atom stereocenters. The Morgan fingerprint density at radius 1 is 0.862 bits per heavy atom. The van der Waals surface area contributed by atoms with Gasteiger partial charge in [-0.15, -0.1) is 0 Å². The monoisotopic (exact) mass is 391 g/mol. The second kappa shape index (κ2) is 10.2. The highest BCUT2D eigenvalue weighted by molar-refractivity contribution is 6.00. The van der Waals surface area contributed by atoms with Gasteiger partial charge >= 0.3 is 0 Å². The van der Waals surface area contributed by atoms with E-state index in [4.69, 9.17) is 0 Å². The molecule has 3 nitrogen and oxygen atoms in total. The fourth-order valence-electron chi connectivity index (χ4n) is 4.01. The quantitative estimate of drug-likeness (QED) is 0.329. The molecule has 0 radical (unpaired) electrons. The zero-order valence-corrected chi connectivity index (χ0v) is 19.4. The molecule has 2 aromatic heterocycles. The van der Waals surface area contributed by atoms with E-state index in [0.29, 0.717) is 0 Å². The van der Waals surface area contributed by atoms with Gasteiger partial charge in [-0.25, -0.2) is 0 Å². The predicted octanol–water partition coefficient (Wildman–Crippen LogP) is 7.52. The molecule has 0 bridgehead atoms. The summed E-state index contributed by atoms with van der Waals surface area (Å²) in [7, 11) is 0. The molecule has 1 aliphatic heterocycles. The first-order valence-corrected chi connectivity index (χ1v) is 11.2. The Kier molecular flexibility index (Phi) is 7.95. The number of aryl methyl sites for hydroxylation is 2. The molecule has 156 valence electrons. The number of hydrogen-bond acceptors (Lipinski definition) is 1. The Balaban J connectivity index is 0.000000461. The molecule has 4 aromatic rings. The lowest BCUT2D eigenvalue weighted by Crippen LogP contribution is -2.22. The van der Waals surface area contributed by atoms with Gasteiger partial charge in [-0.1, -0.05) is 71.9 Å². The van der Waals surface area contributed by atoms with E-state index in [1.165, 1.54) is 44.2 Å². The first kappa shape index (κ1) is 22.6. The number of fused-ring (bicyclic) bond motifs is 4. The van der Waals surface area contributed by atoms with Crippen molar-refractivity contribution in [2.24, 2.45) is 0 Å². The lowest BCUT2D eigenvalue weighted by molar-refractivity contribution is 0.708. The summed E-state index contributed by atoms with van der Waals surface area (Å²) in [5.41, 5.74) is 11.5. The van der Waals surface area contributed by atoms with E-state index >= 15 is 0 Å². The zero-order valence-electron chi connectivity index (χ0n) is 19.4. The Hall–Kier alpha value is -2.68. The van der Waals surface area contributed by atoms with E-state index in [2.05, 4.69) is 77.2 Å². The summed E-state index contributed by atoms with van der Waals surface area (Å²) < 4.78 is 4.66. The molecule has 29 heavy (non-hydrogen) atoms. The molecule has 0 fully saturated rings. The van der Waals surface area contributed by atoms with Gasteiger partial charge in [0.1, 0.15) is 0 Å². The van der Waals surface area contributed by atoms with Crippen molar-refractivity contribution in [2.75, 3.05) is 12.0 Å². The molecule has 0 saturated carbocycles. The number of nitrogens with zero attached hydrogens (tertiary/aromatic N) is 2. The van der Waals surface area contributed by atoms with Crippen molar-refractivity contribution in [1.29, 1.82) is 0 Å². The maximum atomic E-state index is 3.53. The summed E-state index contributed by atoms with van der Waals surface area (Å²) in [5.74, 6) is 0. The zero-order chi connectivity index (χ0) is 21.6. The number of aromatic nitrogens is 2. The molecular formula is C26H37N3. The smallest absolute Gasteiger partial charge is 0.0785 e. The maximum absolute atomic E-state index is 3.53. The highest BCUT2D eigenvalue weighted by Gasteiger charge is 2.20. The van der Waals surface area contributed by atoms with Crippen LogP contribution >= 0.6 is 0 Å². The molecule has 0 amide bonds.